The normalized spacial score (nSPS) is 20.9. The Hall–Kier alpha value is -2.25. The van der Waals surface area contributed by atoms with E-state index < -0.39 is 27.8 Å². The van der Waals surface area contributed by atoms with E-state index in [9.17, 15) is 18.4 Å². The minimum absolute atomic E-state index is 0.0496. The number of rotatable bonds is 10. The average molecular weight is 501 g/mol. The highest BCUT2D eigenvalue weighted by atomic mass is 35.5. The summed E-state index contributed by atoms with van der Waals surface area (Å²) in [6.07, 6.45) is -0.338. The molecule has 1 fully saturated rings. The van der Waals surface area contributed by atoms with E-state index in [1.54, 1.807) is 24.3 Å². The zero-order valence-electron chi connectivity index (χ0n) is 17.8. The second kappa shape index (κ2) is 11.3. The predicted octanol–water partition coefficient (Wildman–Crippen LogP) is 2.45. The molecular weight excluding hydrogens is 476 g/mol. The second-order valence-electron chi connectivity index (χ2n) is 7.30. The number of benzene rings is 2. The number of methoxy groups -OCH3 is 1. The van der Waals surface area contributed by atoms with Gasteiger partial charge in [0.25, 0.3) is 5.91 Å². The van der Waals surface area contributed by atoms with Crippen LogP contribution in [0.5, 0.6) is 11.5 Å². The van der Waals surface area contributed by atoms with Crippen LogP contribution in [0.2, 0.25) is 5.02 Å². The Labute approximate surface area is 196 Å². The van der Waals surface area contributed by atoms with Crippen LogP contribution in [-0.4, -0.2) is 58.3 Å². The molecule has 180 valence electrons. The third-order valence-electron chi connectivity index (χ3n) is 4.96. The van der Waals surface area contributed by atoms with Crippen molar-refractivity contribution in [1.29, 1.82) is 0 Å². The van der Waals surface area contributed by atoms with Crippen LogP contribution < -0.4 is 14.9 Å². The first kappa shape index (κ1) is 25.4. The van der Waals surface area contributed by atoms with Gasteiger partial charge in [-0.3, -0.25) is 10.0 Å². The molecule has 2 unspecified atom stereocenters. The van der Waals surface area contributed by atoms with E-state index in [4.69, 9.17) is 30.5 Å². The fourth-order valence-electron chi connectivity index (χ4n) is 3.20. The lowest BCUT2D eigenvalue weighted by Crippen LogP contribution is -2.63. The van der Waals surface area contributed by atoms with Crippen LogP contribution in [0.3, 0.4) is 0 Å². The molecule has 2 atom stereocenters. The summed E-state index contributed by atoms with van der Waals surface area (Å²) in [6.45, 7) is 0.330. The monoisotopic (exact) mass is 500 g/mol. The maximum atomic E-state index is 13.0. The van der Waals surface area contributed by atoms with Gasteiger partial charge < -0.3 is 18.9 Å². The molecule has 1 aliphatic heterocycles. The van der Waals surface area contributed by atoms with Crippen LogP contribution >= 0.6 is 11.6 Å². The Morgan fingerprint density at radius 2 is 1.79 bits per heavy atom. The molecule has 33 heavy (non-hydrogen) atoms. The SMILES string of the molecule is COCCOC1CCC(NS(=O)(=O)c2ccc(Oc3ccc(Cl)cc3)cc2)(C(=O)NO)CO1. The summed E-state index contributed by atoms with van der Waals surface area (Å²) in [5.74, 6) is 0.0218. The molecule has 3 N–H and O–H groups in total. The molecule has 0 aliphatic carbocycles. The Morgan fingerprint density at radius 3 is 2.33 bits per heavy atom. The number of hydrogen-bond donors (Lipinski definition) is 3. The summed E-state index contributed by atoms with van der Waals surface area (Å²) in [5, 5.41) is 9.76. The minimum atomic E-state index is -4.14. The van der Waals surface area contributed by atoms with E-state index in [0.29, 0.717) is 23.1 Å². The smallest absolute Gasteiger partial charge is 0.267 e. The molecular formula is C21H25ClN2O8S. The molecule has 2 aromatic carbocycles. The summed E-state index contributed by atoms with van der Waals surface area (Å²) in [7, 11) is -2.61. The van der Waals surface area contributed by atoms with Crippen LogP contribution in [0.15, 0.2) is 53.4 Å². The van der Waals surface area contributed by atoms with Crippen molar-refractivity contribution in [2.75, 3.05) is 26.9 Å². The van der Waals surface area contributed by atoms with Crippen LogP contribution in [0, 0.1) is 0 Å². The highest BCUT2D eigenvalue weighted by molar-refractivity contribution is 7.89. The van der Waals surface area contributed by atoms with Crippen molar-refractivity contribution in [3.63, 3.8) is 0 Å². The molecule has 0 aromatic heterocycles. The third-order valence-corrected chi connectivity index (χ3v) is 6.77. The molecule has 1 heterocycles. The van der Waals surface area contributed by atoms with Crippen LogP contribution in [-0.2, 0) is 29.0 Å². The number of nitrogens with one attached hydrogen (secondary N) is 2. The van der Waals surface area contributed by atoms with Crippen molar-refractivity contribution < 1.29 is 37.4 Å². The number of carbonyl (C=O) groups is 1. The van der Waals surface area contributed by atoms with Gasteiger partial charge >= 0.3 is 0 Å². The first-order valence-corrected chi connectivity index (χ1v) is 11.9. The molecule has 3 rings (SSSR count). The second-order valence-corrected chi connectivity index (χ2v) is 9.42. The standard InChI is InChI=1S/C21H25ClN2O8S/c1-29-12-13-30-19-10-11-21(14-31-19,20(25)23-26)24-33(27,28)18-8-6-17(7-9-18)32-16-4-2-15(22)3-5-16/h2-9,19,24,26H,10-14H2,1H3,(H,23,25). The highest BCUT2D eigenvalue weighted by Gasteiger charge is 2.46. The lowest BCUT2D eigenvalue weighted by atomic mass is 9.92. The number of hydroxylamine groups is 1. The summed E-state index contributed by atoms with van der Waals surface area (Å²) in [5.41, 5.74) is -0.180. The third kappa shape index (κ3) is 6.64. The van der Waals surface area contributed by atoms with Gasteiger partial charge in [0.1, 0.15) is 17.0 Å². The van der Waals surface area contributed by atoms with Gasteiger partial charge in [-0.2, -0.15) is 4.72 Å². The van der Waals surface area contributed by atoms with Crippen LogP contribution in [0.4, 0.5) is 0 Å². The average Bonchev–Trinajstić information content (AvgIpc) is 2.81. The first-order chi connectivity index (χ1) is 15.8. The van der Waals surface area contributed by atoms with Crippen molar-refractivity contribution in [2.45, 2.75) is 29.6 Å². The maximum Gasteiger partial charge on any atom is 0.267 e. The molecule has 1 amide bonds. The summed E-state index contributed by atoms with van der Waals surface area (Å²) >= 11 is 5.85. The van der Waals surface area contributed by atoms with Gasteiger partial charge in [0.05, 0.1) is 24.7 Å². The fourth-order valence-corrected chi connectivity index (χ4v) is 4.71. The number of hydrogen-bond acceptors (Lipinski definition) is 8. The van der Waals surface area contributed by atoms with E-state index in [1.165, 1.54) is 36.9 Å². The van der Waals surface area contributed by atoms with Crippen molar-refractivity contribution in [1.82, 2.24) is 10.2 Å². The van der Waals surface area contributed by atoms with Crippen LogP contribution in [0.25, 0.3) is 0 Å². The number of halogens is 1. The Morgan fingerprint density at radius 1 is 1.15 bits per heavy atom. The zero-order valence-corrected chi connectivity index (χ0v) is 19.4. The van der Waals surface area contributed by atoms with Gasteiger partial charge in [0.2, 0.25) is 10.0 Å². The number of amides is 1. The summed E-state index contributed by atoms with van der Waals surface area (Å²) in [4.78, 5) is 12.3. The molecule has 0 radical (unpaired) electrons. The van der Waals surface area contributed by atoms with Crippen molar-refractivity contribution in [2.24, 2.45) is 0 Å². The van der Waals surface area contributed by atoms with Crippen molar-refractivity contribution in [3.8, 4) is 11.5 Å². The molecule has 10 nitrogen and oxygen atoms in total. The van der Waals surface area contributed by atoms with Gasteiger partial charge in [0, 0.05) is 18.6 Å². The number of ether oxygens (including phenoxy) is 4. The number of sulfonamides is 1. The van der Waals surface area contributed by atoms with E-state index >= 15 is 0 Å². The Bertz CT molecular complexity index is 1020. The molecule has 0 bridgehead atoms. The topological polar surface area (TPSA) is 132 Å². The van der Waals surface area contributed by atoms with Gasteiger partial charge in [-0.15, -0.1) is 0 Å². The molecule has 0 spiro atoms. The number of carbonyl (C=O) groups excluding carboxylic acids is 1. The molecule has 2 aromatic rings. The molecule has 1 saturated heterocycles. The first-order valence-electron chi connectivity index (χ1n) is 10.0. The maximum absolute atomic E-state index is 13.0. The van der Waals surface area contributed by atoms with Crippen molar-refractivity contribution >= 4 is 27.5 Å². The predicted molar refractivity (Wildman–Crippen MR) is 118 cm³/mol. The Kier molecular flexibility index (Phi) is 8.65. The van der Waals surface area contributed by atoms with Gasteiger partial charge in [0.15, 0.2) is 6.29 Å². The van der Waals surface area contributed by atoms with E-state index in [1.807, 2.05) is 0 Å². The summed E-state index contributed by atoms with van der Waals surface area (Å²) < 4.78 is 49.9. The van der Waals surface area contributed by atoms with Crippen molar-refractivity contribution in [3.05, 3.63) is 53.6 Å². The molecule has 1 aliphatic rings. The highest BCUT2D eigenvalue weighted by Crippen LogP contribution is 2.28. The van der Waals surface area contributed by atoms with Gasteiger partial charge in [-0.25, -0.2) is 13.9 Å². The zero-order chi connectivity index (χ0) is 23.9. The lowest BCUT2D eigenvalue weighted by Gasteiger charge is -2.38. The Balaban J connectivity index is 1.69. The quantitative estimate of drug-likeness (QED) is 0.257. The lowest BCUT2D eigenvalue weighted by molar-refractivity contribution is -0.190. The molecule has 0 saturated carbocycles. The van der Waals surface area contributed by atoms with Gasteiger partial charge in [-0.1, -0.05) is 11.6 Å². The van der Waals surface area contributed by atoms with E-state index in [0.717, 1.165) is 0 Å². The summed E-state index contributed by atoms with van der Waals surface area (Å²) in [6, 6.07) is 12.4. The molecule has 12 heteroatoms. The fraction of sp³-hybridized carbons (Fsp3) is 0.381. The largest absolute Gasteiger partial charge is 0.457 e. The van der Waals surface area contributed by atoms with Gasteiger partial charge in [-0.05, 0) is 55.0 Å². The minimum Gasteiger partial charge on any atom is -0.457 e. The van der Waals surface area contributed by atoms with Crippen LogP contribution in [0.1, 0.15) is 12.8 Å². The van der Waals surface area contributed by atoms with E-state index in [-0.39, 0.29) is 31.0 Å². The van der Waals surface area contributed by atoms with E-state index in [2.05, 4.69) is 4.72 Å².